The van der Waals surface area contributed by atoms with Crippen molar-refractivity contribution in [3.8, 4) is 0 Å². The maximum Gasteiger partial charge on any atom is 0.150 e. The first-order valence-corrected chi connectivity index (χ1v) is 4.81. The van der Waals surface area contributed by atoms with Crippen molar-refractivity contribution in [3.05, 3.63) is 35.1 Å². The van der Waals surface area contributed by atoms with E-state index in [4.69, 9.17) is 5.11 Å². The van der Waals surface area contributed by atoms with E-state index >= 15 is 0 Å². The van der Waals surface area contributed by atoms with Gasteiger partial charge in [0.25, 0.3) is 0 Å². The first kappa shape index (κ1) is 12.8. The van der Waals surface area contributed by atoms with E-state index in [0.29, 0.717) is 6.29 Å². The molecular formula is C11H13FO4. The zero-order valence-electron chi connectivity index (χ0n) is 8.51. The van der Waals surface area contributed by atoms with Gasteiger partial charge in [-0.3, -0.25) is 4.79 Å². The highest BCUT2D eigenvalue weighted by atomic mass is 19.1. The minimum absolute atomic E-state index is 0.0197. The average molecular weight is 228 g/mol. The Morgan fingerprint density at radius 3 is 2.56 bits per heavy atom. The summed E-state index contributed by atoms with van der Waals surface area (Å²) in [5, 5.41) is 27.6. The van der Waals surface area contributed by atoms with E-state index in [1.165, 1.54) is 6.07 Å². The zero-order chi connectivity index (χ0) is 12.1. The number of aliphatic hydroxyl groups is 3. The van der Waals surface area contributed by atoms with Gasteiger partial charge in [0.05, 0.1) is 6.10 Å². The van der Waals surface area contributed by atoms with E-state index in [1.54, 1.807) is 0 Å². The number of rotatable bonds is 5. The molecule has 2 unspecified atom stereocenters. The van der Waals surface area contributed by atoms with Crippen LogP contribution in [0.3, 0.4) is 0 Å². The normalized spacial score (nSPS) is 14.5. The Balaban J connectivity index is 2.93. The van der Waals surface area contributed by atoms with Crippen LogP contribution in [0.15, 0.2) is 18.2 Å². The summed E-state index contributed by atoms with van der Waals surface area (Å²) in [5.74, 6) is -0.658. The molecule has 0 amide bonds. The lowest BCUT2D eigenvalue weighted by atomic mass is 10.0. The Kier molecular flexibility index (Phi) is 4.54. The number of carbonyl (C=O) groups is 1. The van der Waals surface area contributed by atoms with Gasteiger partial charge in [-0.1, -0.05) is 0 Å². The van der Waals surface area contributed by atoms with Crippen LogP contribution in [0.25, 0.3) is 0 Å². The number of aliphatic hydroxyl groups excluding tert-OH is 3. The molecule has 0 heterocycles. The highest BCUT2D eigenvalue weighted by molar-refractivity contribution is 5.75. The van der Waals surface area contributed by atoms with Crippen molar-refractivity contribution in [1.82, 2.24) is 0 Å². The second-order valence-electron chi connectivity index (χ2n) is 3.46. The van der Waals surface area contributed by atoms with E-state index in [2.05, 4.69) is 0 Å². The summed E-state index contributed by atoms with van der Waals surface area (Å²) in [6.45, 7) is -0.284. The summed E-state index contributed by atoms with van der Waals surface area (Å²) in [6, 6.07) is 3.36. The molecule has 0 saturated carbocycles. The molecule has 0 aliphatic rings. The number of hydrogen-bond donors (Lipinski definition) is 3. The molecule has 3 N–H and O–H groups in total. The smallest absolute Gasteiger partial charge is 0.150 e. The van der Waals surface area contributed by atoms with Crippen LogP contribution in [0.2, 0.25) is 0 Å². The quantitative estimate of drug-likeness (QED) is 0.638. The SMILES string of the molecule is O=Cc1cc(F)cc(C(O)C(O)CCO)c1. The largest absolute Gasteiger partial charge is 0.396 e. The van der Waals surface area contributed by atoms with Crippen LogP contribution < -0.4 is 0 Å². The van der Waals surface area contributed by atoms with Gasteiger partial charge in [-0.25, -0.2) is 4.39 Å². The number of halogens is 1. The molecule has 16 heavy (non-hydrogen) atoms. The summed E-state index contributed by atoms with van der Waals surface area (Å²) in [7, 11) is 0. The summed E-state index contributed by atoms with van der Waals surface area (Å²) in [4.78, 5) is 10.5. The first-order chi connectivity index (χ1) is 7.58. The molecule has 5 heteroatoms. The van der Waals surface area contributed by atoms with Gasteiger partial charge in [0.15, 0.2) is 0 Å². The Hall–Kier alpha value is -1.30. The van der Waals surface area contributed by atoms with E-state index in [0.717, 1.165) is 12.1 Å². The molecule has 0 aliphatic heterocycles. The van der Waals surface area contributed by atoms with Crippen molar-refractivity contribution in [2.75, 3.05) is 6.61 Å². The third-order valence-corrected chi connectivity index (χ3v) is 2.21. The van der Waals surface area contributed by atoms with Gasteiger partial charge in [-0.15, -0.1) is 0 Å². The van der Waals surface area contributed by atoms with Crippen LogP contribution in [-0.4, -0.2) is 34.3 Å². The highest BCUT2D eigenvalue weighted by Crippen LogP contribution is 2.20. The number of carbonyl (C=O) groups excluding carboxylic acids is 1. The van der Waals surface area contributed by atoms with Crippen molar-refractivity contribution in [2.45, 2.75) is 18.6 Å². The van der Waals surface area contributed by atoms with Crippen LogP contribution in [0.4, 0.5) is 4.39 Å². The van der Waals surface area contributed by atoms with Gasteiger partial charge >= 0.3 is 0 Å². The fourth-order valence-corrected chi connectivity index (χ4v) is 1.39. The zero-order valence-corrected chi connectivity index (χ0v) is 8.51. The standard InChI is InChI=1S/C11H13FO4/c12-9-4-7(6-14)3-8(5-9)11(16)10(15)1-2-13/h3-6,10-11,13,15-16H,1-2H2. The highest BCUT2D eigenvalue weighted by Gasteiger charge is 2.18. The second kappa shape index (κ2) is 5.69. The molecule has 2 atom stereocenters. The third-order valence-electron chi connectivity index (χ3n) is 2.21. The van der Waals surface area contributed by atoms with Crippen molar-refractivity contribution in [2.24, 2.45) is 0 Å². The molecule has 1 rings (SSSR count). The number of hydrogen-bond acceptors (Lipinski definition) is 4. The molecule has 88 valence electrons. The van der Waals surface area contributed by atoms with Crippen molar-refractivity contribution >= 4 is 6.29 Å². The minimum atomic E-state index is -1.32. The molecular weight excluding hydrogens is 215 g/mol. The Labute approximate surface area is 92.0 Å². The second-order valence-corrected chi connectivity index (χ2v) is 3.46. The van der Waals surface area contributed by atoms with Gasteiger partial charge < -0.3 is 15.3 Å². The molecule has 0 aliphatic carbocycles. The lowest BCUT2D eigenvalue weighted by molar-refractivity contribution is 0.00405. The maximum absolute atomic E-state index is 13.0. The number of aldehydes is 1. The Morgan fingerprint density at radius 2 is 2.00 bits per heavy atom. The van der Waals surface area contributed by atoms with Crippen molar-refractivity contribution in [1.29, 1.82) is 0 Å². The van der Waals surface area contributed by atoms with Gasteiger partial charge in [0, 0.05) is 12.2 Å². The van der Waals surface area contributed by atoms with Crippen molar-refractivity contribution in [3.63, 3.8) is 0 Å². The fourth-order valence-electron chi connectivity index (χ4n) is 1.39. The van der Waals surface area contributed by atoms with Gasteiger partial charge in [0.1, 0.15) is 18.2 Å². The summed E-state index contributed by atoms with van der Waals surface area (Å²) in [5.41, 5.74) is 0.202. The van der Waals surface area contributed by atoms with Crippen LogP contribution in [-0.2, 0) is 0 Å². The Morgan fingerprint density at radius 1 is 1.31 bits per heavy atom. The maximum atomic E-state index is 13.0. The lowest BCUT2D eigenvalue weighted by Crippen LogP contribution is -2.19. The molecule has 0 aromatic heterocycles. The molecule has 0 bridgehead atoms. The third kappa shape index (κ3) is 3.10. The van der Waals surface area contributed by atoms with E-state index in [-0.39, 0.29) is 24.2 Å². The lowest BCUT2D eigenvalue weighted by Gasteiger charge is -2.17. The van der Waals surface area contributed by atoms with Crippen LogP contribution in [0, 0.1) is 5.82 Å². The predicted molar refractivity (Wildman–Crippen MR) is 54.5 cm³/mol. The predicted octanol–water partition coefficient (Wildman–Crippen LogP) is 0.415. The molecule has 0 radical (unpaired) electrons. The molecule has 1 aromatic rings. The molecule has 0 fully saturated rings. The van der Waals surface area contributed by atoms with Gasteiger partial charge in [-0.05, 0) is 30.2 Å². The molecule has 4 nitrogen and oxygen atoms in total. The van der Waals surface area contributed by atoms with E-state index in [9.17, 15) is 19.4 Å². The van der Waals surface area contributed by atoms with E-state index < -0.39 is 18.0 Å². The summed E-state index contributed by atoms with van der Waals surface area (Å²) >= 11 is 0. The van der Waals surface area contributed by atoms with Crippen LogP contribution in [0.1, 0.15) is 28.4 Å². The monoisotopic (exact) mass is 228 g/mol. The topological polar surface area (TPSA) is 77.8 Å². The Bertz CT molecular complexity index is 367. The molecule has 0 spiro atoms. The minimum Gasteiger partial charge on any atom is -0.396 e. The molecule has 0 saturated heterocycles. The van der Waals surface area contributed by atoms with Crippen LogP contribution in [0.5, 0.6) is 0 Å². The summed E-state index contributed by atoms with van der Waals surface area (Å²) < 4.78 is 13.0. The molecule has 1 aromatic carbocycles. The van der Waals surface area contributed by atoms with Gasteiger partial charge in [0.2, 0.25) is 0 Å². The van der Waals surface area contributed by atoms with E-state index in [1.807, 2.05) is 0 Å². The van der Waals surface area contributed by atoms with Gasteiger partial charge in [-0.2, -0.15) is 0 Å². The summed E-state index contributed by atoms with van der Waals surface area (Å²) in [6.07, 6.45) is -2.07. The average Bonchev–Trinajstić information content (AvgIpc) is 2.27. The number of benzene rings is 1. The van der Waals surface area contributed by atoms with Crippen LogP contribution >= 0.6 is 0 Å². The van der Waals surface area contributed by atoms with Crippen molar-refractivity contribution < 1.29 is 24.5 Å². The first-order valence-electron chi connectivity index (χ1n) is 4.81. The fraction of sp³-hybridized carbons (Fsp3) is 0.364.